The van der Waals surface area contributed by atoms with Gasteiger partial charge in [-0.25, -0.2) is 0 Å². The summed E-state index contributed by atoms with van der Waals surface area (Å²) in [5.41, 5.74) is 2.17. The molecule has 6 nitrogen and oxygen atoms in total. The van der Waals surface area contributed by atoms with E-state index < -0.39 is 0 Å². The third kappa shape index (κ3) is 4.95. The summed E-state index contributed by atoms with van der Waals surface area (Å²) in [6.45, 7) is 4.63. The van der Waals surface area contributed by atoms with Gasteiger partial charge in [0.25, 0.3) is 0 Å². The van der Waals surface area contributed by atoms with Gasteiger partial charge in [0.2, 0.25) is 5.91 Å². The fourth-order valence-electron chi connectivity index (χ4n) is 3.08. The standard InChI is InChI=1S/C20H26N4O2/c1-26-19-7-5-18(6-8-19)23-12-14-24(15-13-23)20(25)9-11-21-16-17-4-2-3-10-22-17/h2-8,10,21H,9,11-16H2,1H3. The lowest BCUT2D eigenvalue weighted by Gasteiger charge is -2.36. The topological polar surface area (TPSA) is 57.7 Å². The van der Waals surface area contributed by atoms with Gasteiger partial charge in [-0.2, -0.15) is 0 Å². The minimum Gasteiger partial charge on any atom is -0.497 e. The van der Waals surface area contributed by atoms with Gasteiger partial charge in [0.15, 0.2) is 0 Å². The number of hydrogen-bond acceptors (Lipinski definition) is 5. The van der Waals surface area contributed by atoms with E-state index >= 15 is 0 Å². The Hall–Kier alpha value is -2.60. The summed E-state index contributed by atoms with van der Waals surface area (Å²) in [5.74, 6) is 1.08. The highest BCUT2D eigenvalue weighted by atomic mass is 16.5. The lowest BCUT2D eigenvalue weighted by molar-refractivity contribution is -0.131. The van der Waals surface area contributed by atoms with E-state index in [4.69, 9.17) is 4.74 Å². The molecular formula is C20H26N4O2. The maximum absolute atomic E-state index is 12.4. The van der Waals surface area contributed by atoms with Crippen molar-refractivity contribution in [3.63, 3.8) is 0 Å². The van der Waals surface area contributed by atoms with Crippen molar-refractivity contribution in [2.75, 3.05) is 44.7 Å². The van der Waals surface area contributed by atoms with Gasteiger partial charge >= 0.3 is 0 Å². The molecule has 1 aromatic heterocycles. The van der Waals surface area contributed by atoms with Crippen LogP contribution in [0.5, 0.6) is 5.75 Å². The van der Waals surface area contributed by atoms with Gasteiger partial charge in [-0.05, 0) is 36.4 Å². The first kappa shape index (κ1) is 18.2. The van der Waals surface area contributed by atoms with Gasteiger partial charge in [0, 0.05) is 57.6 Å². The van der Waals surface area contributed by atoms with Crippen molar-refractivity contribution in [3.8, 4) is 5.75 Å². The average molecular weight is 354 g/mol. The highest BCUT2D eigenvalue weighted by molar-refractivity contribution is 5.76. The van der Waals surface area contributed by atoms with Crippen LogP contribution in [0, 0.1) is 0 Å². The third-order valence-electron chi connectivity index (χ3n) is 4.62. The molecule has 1 saturated heterocycles. The number of aromatic nitrogens is 1. The van der Waals surface area contributed by atoms with E-state index in [1.807, 2.05) is 35.2 Å². The summed E-state index contributed by atoms with van der Waals surface area (Å²) < 4.78 is 5.20. The molecule has 1 aliphatic heterocycles. The van der Waals surface area contributed by atoms with E-state index in [1.165, 1.54) is 5.69 Å². The normalized spacial score (nSPS) is 14.3. The Bertz CT molecular complexity index is 683. The largest absolute Gasteiger partial charge is 0.497 e. The van der Waals surface area contributed by atoms with E-state index in [2.05, 4.69) is 27.3 Å². The molecule has 138 valence electrons. The van der Waals surface area contributed by atoms with Gasteiger partial charge in [0.05, 0.1) is 12.8 Å². The van der Waals surface area contributed by atoms with E-state index in [-0.39, 0.29) is 5.91 Å². The predicted molar refractivity (Wildman–Crippen MR) is 102 cm³/mol. The Morgan fingerprint density at radius 1 is 1.12 bits per heavy atom. The van der Waals surface area contributed by atoms with Crippen LogP contribution >= 0.6 is 0 Å². The van der Waals surface area contributed by atoms with Gasteiger partial charge in [0.1, 0.15) is 5.75 Å². The first-order chi connectivity index (χ1) is 12.8. The van der Waals surface area contributed by atoms with Crippen LogP contribution in [0.15, 0.2) is 48.7 Å². The van der Waals surface area contributed by atoms with Crippen molar-refractivity contribution in [2.45, 2.75) is 13.0 Å². The van der Waals surface area contributed by atoms with Crippen LogP contribution in [0.1, 0.15) is 12.1 Å². The molecule has 6 heteroatoms. The van der Waals surface area contributed by atoms with E-state index in [9.17, 15) is 4.79 Å². The summed E-state index contributed by atoms with van der Waals surface area (Å²) in [6.07, 6.45) is 2.31. The van der Waals surface area contributed by atoms with Crippen molar-refractivity contribution in [2.24, 2.45) is 0 Å². The highest BCUT2D eigenvalue weighted by Crippen LogP contribution is 2.20. The van der Waals surface area contributed by atoms with Crippen molar-refractivity contribution in [1.29, 1.82) is 0 Å². The molecule has 0 saturated carbocycles. The van der Waals surface area contributed by atoms with Crippen molar-refractivity contribution < 1.29 is 9.53 Å². The van der Waals surface area contributed by atoms with Crippen molar-refractivity contribution in [1.82, 2.24) is 15.2 Å². The summed E-state index contributed by atoms with van der Waals surface area (Å²) in [4.78, 5) is 20.9. The monoisotopic (exact) mass is 354 g/mol. The Balaban J connectivity index is 1.37. The number of benzene rings is 1. The lowest BCUT2D eigenvalue weighted by Crippen LogP contribution is -2.49. The van der Waals surface area contributed by atoms with E-state index in [1.54, 1.807) is 13.3 Å². The summed E-state index contributed by atoms with van der Waals surface area (Å²) in [5, 5.41) is 3.28. The van der Waals surface area contributed by atoms with E-state index in [0.29, 0.717) is 19.5 Å². The number of nitrogens with zero attached hydrogens (tertiary/aromatic N) is 3. The molecular weight excluding hydrogens is 328 g/mol. The predicted octanol–water partition coefficient (Wildman–Crippen LogP) is 1.92. The van der Waals surface area contributed by atoms with E-state index in [0.717, 1.165) is 37.6 Å². The molecule has 0 spiro atoms. The molecule has 2 heterocycles. The molecule has 26 heavy (non-hydrogen) atoms. The molecule has 1 fully saturated rings. The Labute approximate surface area is 154 Å². The summed E-state index contributed by atoms with van der Waals surface area (Å²) in [7, 11) is 1.67. The first-order valence-corrected chi connectivity index (χ1v) is 9.03. The number of amides is 1. The molecule has 1 aromatic carbocycles. The van der Waals surface area contributed by atoms with Crippen molar-refractivity contribution >= 4 is 11.6 Å². The quantitative estimate of drug-likeness (QED) is 0.770. The summed E-state index contributed by atoms with van der Waals surface area (Å²) in [6, 6.07) is 13.9. The maximum atomic E-state index is 12.4. The zero-order chi connectivity index (χ0) is 18.2. The number of piperazine rings is 1. The molecule has 1 aliphatic rings. The number of anilines is 1. The zero-order valence-corrected chi connectivity index (χ0v) is 15.2. The van der Waals surface area contributed by atoms with Crippen LogP contribution < -0.4 is 15.0 Å². The lowest BCUT2D eigenvalue weighted by atomic mass is 10.2. The Morgan fingerprint density at radius 3 is 2.54 bits per heavy atom. The van der Waals surface area contributed by atoms with Crippen LogP contribution in [-0.2, 0) is 11.3 Å². The Kier molecular flexibility index (Phi) is 6.44. The molecule has 1 amide bonds. The van der Waals surface area contributed by atoms with Crippen LogP contribution in [0.4, 0.5) is 5.69 Å². The molecule has 0 unspecified atom stereocenters. The second-order valence-electron chi connectivity index (χ2n) is 6.31. The molecule has 2 aromatic rings. The molecule has 1 N–H and O–H groups in total. The van der Waals surface area contributed by atoms with Gasteiger partial charge in [-0.1, -0.05) is 6.07 Å². The number of methoxy groups -OCH3 is 1. The second-order valence-corrected chi connectivity index (χ2v) is 6.31. The number of carbonyl (C=O) groups is 1. The van der Waals surface area contributed by atoms with Gasteiger partial charge in [-0.15, -0.1) is 0 Å². The molecule has 0 atom stereocenters. The number of hydrogen-bond donors (Lipinski definition) is 1. The number of ether oxygens (including phenoxy) is 1. The van der Waals surface area contributed by atoms with Crippen LogP contribution in [0.25, 0.3) is 0 Å². The average Bonchev–Trinajstić information content (AvgIpc) is 2.72. The number of rotatable bonds is 7. The Morgan fingerprint density at radius 2 is 1.88 bits per heavy atom. The summed E-state index contributed by atoms with van der Waals surface area (Å²) >= 11 is 0. The zero-order valence-electron chi connectivity index (χ0n) is 15.2. The first-order valence-electron chi connectivity index (χ1n) is 9.03. The minimum absolute atomic E-state index is 0.216. The third-order valence-corrected chi connectivity index (χ3v) is 4.62. The molecule has 0 radical (unpaired) electrons. The SMILES string of the molecule is COc1ccc(N2CCN(C(=O)CCNCc3ccccn3)CC2)cc1. The van der Waals surface area contributed by atoms with Crippen molar-refractivity contribution in [3.05, 3.63) is 54.4 Å². The number of nitrogens with one attached hydrogen (secondary N) is 1. The smallest absolute Gasteiger partial charge is 0.223 e. The highest BCUT2D eigenvalue weighted by Gasteiger charge is 2.20. The minimum atomic E-state index is 0.216. The molecule has 0 aliphatic carbocycles. The number of carbonyl (C=O) groups excluding carboxylic acids is 1. The van der Waals surface area contributed by atoms with Crippen LogP contribution in [0.3, 0.4) is 0 Å². The fraction of sp³-hybridized carbons (Fsp3) is 0.400. The molecule has 3 rings (SSSR count). The fourth-order valence-corrected chi connectivity index (χ4v) is 3.08. The van der Waals surface area contributed by atoms with Gasteiger partial charge < -0.3 is 19.9 Å². The van der Waals surface area contributed by atoms with Gasteiger partial charge in [-0.3, -0.25) is 9.78 Å². The van der Waals surface area contributed by atoms with Crippen LogP contribution in [0.2, 0.25) is 0 Å². The number of pyridine rings is 1. The second kappa shape index (κ2) is 9.20. The maximum Gasteiger partial charge on any atom is 0.223 e. The molecule has 0 bridgehead atoms. The van der Waals surface area contributed by atoms with Crippen LogP contribution in [-0.4, -0.2) is 55.6 Å².